The van der Waals surface area contributed by atoms with Gasteiger partial charge in [-0.05, 0) is 73.5 Å². The maximum absolute atomic E-state index is 10.7. The van der Waals surface area contributed by atoms with Crippen LogP contribution in [-0.4, -0.2) is 6.29 Å². The molecule has 1 aliphatic carbocycles. The lowest BCUT2D eigenvalue weighted by molar-refractivity contribution is 0.112. The summed E-state index contributed by atoms with van der Waals surface area (Å²) in [6, 6.07) is 17.5. The molecule has 0 heterocycles. The molecule has 0 aromatic heterocycles. The monoisotopic (exact) mass is 334 g/mol. The van der Waals surface area contributed by atoms with E-state index < -0.39 is 0 Å². The highest BCUT2D eigenvalue weighted by atomic mass is 16.1. The molecule has 0 bridgehead atoms. The van der Waals surface area contributed by atoms with Crippen molar-refractivity contribution in [2.45, 2.75) is 64.2 Å². The number of hydrogen-bond acceptors (Lipinski definition) is 1. The van der Waals surface area contributed by atoms with E-state index >= 15 is 0 Å². The van der Waals surface area contributed by atoms with Gasteiger partial charge in [-0.2, -0.15) is 0 Å². The minimum atomic E-state index is 0.763. The second kappa shape index (κ2) is 8.99. The molecule has 0 amide bonds. The van der Waals surface area contributed by atoms with Gasteiger partial charge in [0, 0.05) is 5.56 Å². The first-order valence-corrected chi connectivity index (χ1v) is 9.91. The van der Waals surface area contributed by atoms with E-state index in [9.17, 15) is 4.79 Å². The van der Waals surface area contributed by atoms with Crippen molar-refractivity contribution in [3.05, 3.63) is 70.8 Å². The molecule has 0 saturated heterocycles. The normalized spacial score (nSPS) is 20.4. The van der Waals surface area contributed by atoms with Crippen molar-refractivity contribution in [2.24, 2.45) is 5.92 Å². The van der Waals surface area contributed by atoms with Crippen LogP contribution in [0.1, 0.15) is 78.4 Å². The molecule has 0 unspecified atom stereocenters. The highest BCUT2D eigenvalue weighted by Gasteiger charge is 2.22. The molecule has 132 valence electrons. The van der Waals surface area contributed by atoms with Crippen molar-refractivity contribution in [2.75, 3.05) is 0 Å². The lowest BCUT2D eigenvalue weighted by atomic mass is 9.77. The molecule has 2 aromatic rings. The Morgan fingerprint density at radius 3 is 2.04 bits per heavy atom. The van der Waals surface area contributed by atoms with E-state index in [1.165, 1.54) is 56.1 Å². The van der Waals surface area contributed by atoms with E-state index in [1.807, 2.05) is 12.1 Å². The van der Waals surface area contributed by atoms with Crippen LogP contribution in [0.3, 0.4) is 0 Å². The lowest BCUT2D eigenvalue weighted by Crippen LogP contribution is -2.14. The van der Waals surface area contributed by atoms with Gasteiger partial charge in [-0.15, -0.1) is 0 Å². The summed E-state index contributed by atoms with van der Waals surface area (Å²) in [5, 5.41) is 0. The minimum Gasteiger partial charge on any atom is -0.298 e. The van der Waals surface area contributed by atoms with Gasteiger partial charge >= 0.3 is 0 Å². The Hall–Kier alpha value is -1.89. The van der Waals surface area contributed by atoms with Gasteiger partial charge in [-0.25, -0.2) is 0 Å². The average Bonchev–Trinajstić information content (AvgIpc) is 2.68. The van der Waals surface area contributed by atoms with Crippen LogP contribution in [0.15, 0.2) is 48.5 Å². The number of carbonyl (C=O) groups is 1. The standard InChI is InChI=1S/C24H30O/c1-2-3-19-10-14-23(15-11-19)24-16-12-21(13-17-24)5-4-20-6-8-22(18-25)9-7-20/h6-11,14-15,18,21,24H,2-5,12-13,16-17H2,1H3. The second-order valence-electron chi connectivity index (χ2n) is 7.61. The SMILES string of the molecule is CCCc1ccc(C2CCC(CCc3ccc(C=O)cc3)CC2)cc1. The zero-order valence-corrected chi connectivity index (χ0v) is 15.4. The van der Waals surface area contributed by atoms with Gasteiger partial charge in [0.25, 0.3) is 0 Å². The van der Waals surface area contributed by atoms with Gasteiger partial charge in [0.1, 0.15) is 6.29 Å². The van der Waals surface area contributed by atoms with E-state index in [0.29, 0.717) is 0 Å². The van der Waals surface area contributed by atoms with Crippen LogP contribution in [0.25, 0.3) is 0 Å². The largest absolute Gasteiger partial charge is 0.298 e. The third kappa shape index (κ3) is 5.04. The quantitative estimate of drug-likeness (QED) is 0.539. The van der Waals surface area contributed by atoms with Crippen molar-refractivity contribution in [3.8, 4) is 0 Å². The number of rotatable bonds is 7. The summed E-state index contributed by atoms with van der Waals surface area (Å²) in [6.07, 6.45) is 11.1. The predicted octanol–water partition coefficient (Wildman–Crippen LogP) is 6.36. The molecule has 0 atom stereocenters. The summed E-state index contributed by atoms with van der Waals surface area (Å²) in [7, 11) is 0. The molecular weight excluding hydrogens is 304 g/mol. The fourth-order valence-electron chi connectivity index (χ4n) is 4.16. The summed E-state index contributed by atoms with van der Waals surface area (Å²) in [6.45, 7) is 2.24. The Balaban J connectivity index is 1.45. The summed E-state index contributed by atoms with van der Waals surface area (Å²) in [5.41, 5.74) is 5.15. The molecule has 0 spiro atoms. The molecule has 3 rings (SSSR count). The molecule has 1 aliphatic rings. The molecule has 0 radical (unpaired) electrons. The zero-order chi connectivity index (χ0) is 17.5. The molecular formula is C24H30O. The van der Waals surface area contributed by atoms with E-state index in [-0.39, 0.29) is 0 Å². The third-order valence-electron chi connectivity index (χ3n) is 5.79. The topological polar surface area (TPSA) is 17.1 Å². The maximum atomic E-state index is 10.7. The summed E-state index contributed by atoms with van der Waals surface area (Å²) in [4.78, 5) is 10.7. The maximum Gasteiger partial charge on any atom is 0.150 e. The van der Waals surface area contributed by atoms with Crippen molar-refractivity contribution in [1.82, 2.24) is 0 Å². The average molecular weight is 335 g/mol. The van der Waals surface area contributed by atoms with E-state index in [2.05, 4.69) is 43.3 Å². The highest BCUT2D eigenvalue weighted by molar-refractivity contribution is 5.74. The van der Waals surface area contributed by atoms with Crippen LogP contribution in [0.4, 0.5) is 0 Å². The predicted molar refractivity (Wildman–Crippen MR) is 105 cm³/mol. The second-order valence-corrected chi connectivity index (χ2v) is 7.61. The Labute approximate surface area is 152 Å². The van der Waals surface area contributed by atoms with Gasteiger partial charge in [-0.3, -0.25) is 4.79 Å². The summed E-state index contributed by atoms with van der Waals surface area (Å²) >= 11 is 0. The molecule has 25 heavy (non-hydrogen) atoms. The molecule has 1 fully saturated rings. The van der Waals surface area contributed by atoms with Crippen LogP contribution in [0, 0.1) is 5.92 Å². The van der Waals surface area contributed by atoms with E-state index in [4.69, 9.17) is 0 Å². The highest BCUT2D eigenvalue weighted by Crippen LogP contribution is 2.37. The van der Waals surface area contributed by atoms with Crippen molar-refractivity contribution >= 4 is 6.29 Å². The molecule has 1 saturated carbocycles. The Bertz CT molecular complexity index is 645. The molecule has 0 N–H and O–H groups in total. The number of hydrogen-bond donors (Lipinski definition) is 0. The Kier molecular flexibility index (Phi) is 6.44. The molecule has 1 nitrogen and oxygen atoms in total. The molecule has 1 heteroatoms. The van der Waals surface area contributed by atoms with Gasteiger partial charge in [-0.1, -0.05) is 61.9 Å². The number of aryl methyl sites for hydroxylation is 2. The van der Waals surface area contributed by atoms with Crippen LogP contribution < -0.4 is 0 Å². The van der Waals surface area contributed by atoms with Gasteiger partial charge in [0.05, 0.1) is 0 Å². The number of carbonyl (C=O) groups excluding carboxylic acids is 1. The first-order chi connectivity index (χ1) is 12.3. The van der Waals surface area contributed by atoms with Gasteiger partial charge in [0.2, 0.25) is 0 Å². The van der Waals surface area contributed by atoms with Crippen molar-refractivity contribution < 1.29 is 4.79 Å². The lowest BCUT2D eigenvalue weighted by Gasteiger charge is -2.29. The fourth-order valence-corrected chi connectivity index (χ4v) is 4.16. The van der Waals surface area contributed by atoms with Crippen molar-refractivity contribution in [3.63, 3.8) is 0 Å². The first-order valence-electron chi connectivity index (χ1n) is 9.91. The summed E-state index contributed by atoms with van der Waals surface area (Å²) < 4.78 is 0. The third-order valence-corrected chi connectivity index (χ3v) is 5.79. The van der Waals surface area contributed by atoms with Crippen LogP contribution in [0.2, 0.25) is 0 Å². The smallest absolute Gasteiger partial charge is 0.150 e. The van der Waals surface area contributed by atoms with E-state index in [0.717, 1.165) is 30.1 Å². The van der Waals surface area contributed by atoms with Crippen LogP contribution in [0.5, 0.6) is 0 Å². The Morgan fingerprint density at radius 1 is 0.840 bits per heavy atom. The molecule has 2 aromatic carbocycles. The fraction of sp³-hybridized carbons (Fsp3) is 0.458. The van der Waals surface area contributed by atoms with E-state index in [1.54, 1.807) is 5.56 Å². The Morgan fingerprint density at radius 2 is 1.44 bits per heavy atom. The zero-order valence-electron chi connectivity index (χ0n) is 15.4. The molecule has 0 aliphatic heterocycles. The first kappa shape index (κ1) is 17.9. The van der Waals surface area contributed by atoms with Gasteiger partial charge in [0.15, 0.2) is 0 Å². The minimum absolute atomic E-state index is 0.763. The number of benzene rings is 2. The van der Waals surface area contributed by atoms with Crippen LogP contribution >= 0.6 is 0 Å². The number of aldehydes is 1. The summed E-state index contributed by atoms with van der Waals surface area (Å²) in [5.74, 6) is 1.63. The van der Waals surface area contributed by atoms with Crippen LogP contribution in [-0.2, 0) is 12.8 Å². The van der Waals surface area contributed by atoms with Gasteiger partial charge < -0.3 is 0 Å². The van der Waals surface area contributed by atoms with Crippen molar-refractivity contribution in [1.29, 1.82) is 0 Å².